The van der Waals surface area contributed by atoms with Crippen LogP contribution in [0.2, 0.25) is 0 Å². The van der Waals surface area contributed by atoms with Crippen LogP contribution in [0.1, 0.15) is 21.5 Å². The van der Waals surface area contributed by atoms with E-state index in [4.69, 9.17) is 4.74 Å². The molecule has 0 saturated heterocycles. The summed E-state index contributed by atoms with van der Waals surface area (Å²) >= 11 is 0. The maximum Gasteiger partial charge on any atom is 0.253 e. The summed E-state index contributed by atoms with van der Waals surface area (Å²) in [7, 11) is 3.35. The first-order chi connectivity index (χ1) is 14.6. The molecule has 3 rings (SSSR count). The van der Waals surface area contributed by atoms with Crippen LogP contribution in [-0.2, 0) is 11.3 Å². The van der Waals surface area contributed by atoms with Gasteiger partial charge in [-0.1, -0.05) is 54.6 Å². The lowest BCUT2D eigenvalue weighted by atomic mass is 10.1. The number of para-hydroxylation sites is 1. The summed E-state index contributed by atoms with van der Waals surface area (Å²) in [5.41, 5.74) is 2.93. The van der Waals surface area contributed by atoms with Crippen molar-refractivity contribution in [1.29, 1.82) is 0 Å². The third-order valence-corrected chi connectivity index (χ3v) is 4.54. The zero-order chi connectivity index (χ0) is 21.3. The van der Waals surface area contributed by atoms with Gasteiger partial charge in [-0.15, -0.1) is 0 Å². The van der Waals surface area contributed by atoms with E-state index in [2.05, 4.69) is 5.32 Å². The second-order valence-corrected chi connectivity index (χ2v) is 6.79. The second-order valence-electron chi connectivity index (χ2n) is 6.79. The van der Waals surface area contributed by atoms with Gasteiger partial charge in [0.15, 0.2) is 0 Å². The largest absolute Gasteiger partial charge is 0.496 e. The van der Waals surface area contributed by atoms with Crippen LogP contribution in [0.3, 0.4) is 0 Å². The van der Waals surface area contributed by atoms with E-state index in [1.54, 1.807) is 49.4 Å². The molecule has 0 saturated carbocycles. The van der Waals surface area contributed by atoms with Crippen molar-refractivity contribution in [3.63, 3.8) is 0 Å². The molecule has 0 radical (unpaired) electrons. The molecule has 152 valence electrons. The van der Waals surface area contributed by atoms with Gasteiger partial charge in [0.25, 0.3) is 5.91 Å². The van der Waals surface area contributed by atoms with Gasteiger partial charge in [-0.05, 0) is 35.9 Å². The standard InChI is InChI=1S/C25H24N2O3/c1-27(18-19-9-4-3-5-10-19)25(29)21-12-8-13-22(17-21)26-24(28)16-15-20-11-6-7-14-23(20)30-2/h3-17H,18H2,1-2H3,(H,26,28)/b16-15+. The van der Waals surface area contributed by atoms with Gasteiger partial charge in [-0.3, -0.25) is 9.59 Å². The average Bonchev–Trinajstić information content (AvgIpc) is 2.78. The molecule has 30 heavy (non-hydrogen) atoms. The molecule has 5 heteroatoms. The first-order valence-corrected chi connectivity index (χ1v) is 9.58. The fourth-order valence-corrected chi connectivity index (χ4v) is 3.03. The quantitative estimate of drug-likeness (QED) is 0.589. The molecule has 0 spiro atoms. The number of ether oxygens (including phenoxy) is 1. The lowest BCUT2D eigenvalue weighted by molar-refractivity contribution is -0.111. The smallest absolute Gasteiger partial charge is 0.253 e. The van der Waals surface area contributed by atoms with E-state index in [1.165, 1.54) is 6.08 Å². The van der Waals surface area contributed by atoms with Crippen molar-refractivity contribution < 1.29 is 14.3 Å². The third-order valence-electron chi connectivity index (χ3n) is 4.54. The Balaban J connectivity index is 1.65. The normalized spacial score (nSPS) is 10.6. The summed E-state index contributed by atoms with van der Waals surface area (Å²) in [4.78, 5) is 26.7. The number of hydrogen-bond acceptors (Lipinski definition) is 3. The number of carbonyl (C=O) groups is 2. The van der Waals surface area contributed by atoms with Crippen molar-refractivity contribution in [3.05, 3.63) is 102 Å². The monoisotopic (exact) mass is 400 g/mol. The van der Waals surface area contributed by atoms with E-state index in [0.717, 1.165) is 11.1 Å². The van der Waals surface area contributed by atoms with E-state index in [1.807, 2.05) is 54.6 Å². The highest BCUT2D eigenvalue weighted by atomic mass is 16.5. The minimum Gasteiger partial charge on any atom is -0.496 e. The zero-order valence-electron chi connectivity index (χ0n) is 17.0. The van der Waals surface area contributed by atoms with Crippen molar-refractivity contribution in [3.8, 4) is 5.75 Å². The summed E-state index contributed by atoms with van der Waals surface area (Å²) in [6.07, 6.45) is 3.13. The molecule has 3 aromatic rings. The minimum absolute atomic E-state index is 0.112. The number of methoxy groups -OCH3 is 1. The topological polar surface area (TPSA) is 58.6 Å². The van der Waals surface area contributed by atoms with E-state index in [-0.39, 0.29) is 11.8 Å². The van der Waals surface area contributed by atoms with Crippen molar-refractivity contribution in [2.45, 2.75) is 6.54 Å². The molecule has 0 aliphatic heterocycles. The predicted octanol–water partition coefficient (Wildman–Crippen LogP) is 4.62. The van der Waals surface area contributed by atoms with Gasteiger partial charge in [0, 0.05) is 36.5 Å². The van der Waals surface area contributed by atoms with Crippen LogP contribution in [0.4, 0.5) is 5.69 Å². The molecule has 0 heterocycles. The molecule has 0 unspecified atom stereocenters. The molecule has 2 amide bonds. The van der Waals surface area contributed by atoms with Crippen LogP contribution >= 0.6 is 0 Å². The van der Waals surface area contributed by atoms with Gasteiger partial charge in [0.1, 0.15) is 5.75 Å². The average molecular weight is 400 g/mol. The van der Waals surface area contributed by atoms with E-state index in [9.17, 15) is 9.59 Å². The number of nitrogens with zero attached hydrogens (tertiary/aromatic N) is 1. The first kappa shape index (κ1) is 20.9. The van der Waals surface area contributed by atoms with Gasteiger partial charge in [-0.2, -0.15) is 0 Å². The number of nitrogens with one attached hydrogen (secondary N) is 1. The summed E-state index contributed by atoms with van der Waals surface area (Å²) in [6.45, 7) is 0.512. The highest BCUT2D eigenvalue weighted by Gasteiger charge is 2.13. The van der Waals surface area contributed by atoms with Crippen LogP contribution in [0.5, 0.6) is 5.75 Å². The molecular formula is C25H24N2O3. The summed E-state index contributed by atoms with van der Waals surface area (Å²) < 4.78 is 5.28. The molecule has 5 nitrogen and oxygen atoms in total. The molecule has 0 aromatic heterocycles. The van der Waals surface area contributed by atoms with Crippen molar-refractivity contribution in [2.75, 3.05) is 19.5 Å². The fraction of sp³-hybridized carbons (Fsp3) is 0.120. The highest BCUT2D eigenvalue weighted by molar-refractivity contribution is 6.03. The van der Waals surface area contributed by atoms with Crippen LogP contribution < -0.4 is 10.1 Å². The molecule has 1 N–H and O–H groups in total. The number of benzene rings is 3. The maximum atomic E-state index is 12.8. The van der Waals surface area contributed by atoms with Gasteiger partial charge in [-0.25, -0.2) is 0 Å². The van der Waals surface area contributed by atoms with E-state index in [0.29, 0.717) is 23.5 Å². The SMILES string of the molecule is COc1ccccc1/C=C/C(=O)Nc1cccc(C(=O)N(C)Cc2ccccc2)c1. The van der Waals surface area contributed by atoms with E-state index < -0.39 is 0 Å². The number of amides is 2. The predicted molar refractivity (Wildman–Crippen MR) is 119 cm³/mol. The fourth-order valence-electron chi connectivity index (χ4n) is 3.03. The van der Waals surface area contributed by atoms with Crippen molar-refractivity contribution in [1.82, 2.24) is 4.90 Å². The Morgan fingerprint density at radius 3 is 2.47 bits per heavy atom. The Bertz CT molecular complexity index is 1050. The lowest BCUT2D eigenvalue weighted by Gasteiger charge is -2.17. The molecular weight excluding hydrogens is 376 g/mol. The van der Waals surface area contributed by atoms with Crippen LogP contribution in [-0.4, -0.2) is 30.9 Å². The number of anilines is 1. The maximum absolute atomic E-state index is 12.8. The van der Waals surface area contributed by atoms with Crippen molar-refractivity contribution >= 4 is 23.6 Å². The van der Waals surface area contributed by atoms with Gasteiger partial charge >= 0.3 is 0 Å². The molecule has 0 aliphatic carbocycles. The van der Waals surface area contributed by atoms with E-state index >= 15 is 0 Å². The third kappa shape index (κ3) is 5.58. The molecule has 0 aliphatic rings. The van der Waals surface area contributed by atoms with Gasteiger partial charge in [0.05, 0.1) is 7.11 Å². The first-order valence-electron chi connectivity index (χ1n) is 9.58. The molecule has 0 atom stereocenters. The Morgan fingerprint density at radius 2 is 1.70 bits per heavy atom. The Kier molecular flexibility index (Phi) is 7.00. The van der Waals surface area contributed by atoms with Crippen LogP contribution in [0, 0.1) is 0 Å². The van der Waals surface area contributed by atoms with Crippen LogP contribution in [0.25, 0.3) is 6.08 Å². The molecule has 0 bridgehead atoms. The van der Waals surface area contributed by atoms with Gasteiger partial charge < -0.3 is 15.0 Å². The minimum atomic E-state index is -0.289. The van der Waals surface area contributed by atoms with Gasteiger partial charge in [0.2, 0.25) is 5.91 Å². The number of rotatable bonds is 7. The number of carbonyl (C=O) groups excluding carboxylic acids is 2. The summed E-state index contributed by atoms with van der Waals surface area (Å²) in [5, 5.41) is 2.80. The number of hydrogen-bond donors (Lipinski definition) is 1. The molecule has 3 aromatic carbocycles. The Labute approximate surface area is 176 Å². The molecule has 0 fully saturated rings. The van der Waals surface area contributed by atoms with Crippen LogP contribution in [0.15, 0.2) is 84.9 Å². The van der Waals surface area contributed by atoms with Crippen molar-refractivity contribution in [2.24, 2.45) is 0 Å². The Hall–Kier alpha value is -3.86. The summed E-state index contributed by atoms with van der Waals surface area (Å²) in [6, 6.07) is 24.2. The lowest BCUT2D eigenvalue weighted by Crippen LogP contribution is -2.26. The Morgan fingerprint density at radius 1 is 0.967 bits per heavy atom. The second kappa shape index (κ2) is 10.1. The zero-order valence-corrected chi connectivity index (χ0v) is 17.0. The highest BCUT2D eigenvalue weighted by Crippen LogP contribution is 2.19. The summed E-state index contributed by atoms with van der Waals surface area (Å²) in [5.74, 6) is 0.290.